The fraction of sp³-hybridized carbons (Fsp3) is 0.500. The second kappa shape index (κ2) is 6.73. The normalized spacial score (nSPS) is 11.9. The average molecular weight is 238 g/mol. The van der Waals surface area contributed by atoms with Crippen LogP contribution in [0.4, 0.5) is 5.69 Å². The SMILES string of the molecule is COc1cc(NC(C)CCCC(=O)O)ccn1. The number of hydrogen-bond acceptors (Lipinski definition) is 4. The number of nitrogens with one attached hydrogen (secondary N) is 1. The van der Waals surface area contributed by atoms with E-state index in [2.05, 4.69) is 10.3 Å². The molecule has 1 atom stereocenters. The molecule has 1 aromatic heterocycles. The van der Waals surface area contributed by atoms with Gasteiger partial charge in [0, 0.05) is 30.4 Å². The Hall–Kier alpha value is -1.78. The highest BCUT2D eigenvalue weighted by atomic mass is 16.5. The largest absolute Gasteiger partial charge is 0.481 e. The Balaban J connectivity index is 2.38. The molecule has 0 saturated carbocycles. The summed E-state index contributed by atoms with van der Waals surface area (Å²) in [6.07, 6.45) is 3.37. The highest BCUT2D eigenvalue weighted by Gasteiger charge is 2.05. The minimum atomic E-state index is -0.747. The number of ether oxygens (including phenoxy) is 1. The maximum Gasteiger partial charge on any atom is 0.303 e. The second-order valence-electron chi connectivity index (χ2n) is 3.92. The van der Waals surface area contributed by atoms with Gasteiger partial charge in [-0.25, -0.2) is 4.98 Å². The molecule has 2 N–H and O–H groups in total. The summed E-state index contributed by atoms with van der Waals surface area (Å²) in [6.45, 7) is 2.02. The molecule has 94 valence electrons. The highest BCUT2D eigenvalue weighted by Crippen LogP contribution is 2.15. The Morgan fingerprint density at radius 3 is 3.06 bits per heavy atom. The predicted molar refractivity (Wildman–Crippen MR) is 65.4 cm³/mol. The van der Waals surface area contributed by atoms with Crippen LogP contribution in [0.5, 0.6) is 5.88 Å². The number of anilines is 1. The van der Waals surface area contributed by atoms with E-state index in [1.807, 2.05) is 19.1 Å². The summed E-state index contributed by atoms with van der Waals surface area (Å²) in [5.74, 6) is -0.185. The first-order valence-electron chi connectivity index (χ1n) is 5.60. The lowest BCUT2D eigenvalue weighted by Crippen LogP contribution is -2.15. The van der Waals surface area contributed by atoms with Crippen molar-refractivity contribution in [1.29, 1.82) is 0 Å². The zero-order valence-corrected chi connectivity index (χ0v) is 10.1. The van der Waals surface area contributed by atoms with Crippen LogP contribution >= 0.6 is 0 Å². The molecule has 0 bridgehead atoms. The molecular formula is C12H18N2O3. The van der Waals surface area contributed by atoms with Crippen molar-refractivity contribution in [3.8, 4) is 5.88 Å². The molecule has 5 heteroatoms. The van der Waals surface area contributed by atoms with Crippen molar-refractivity contribution in [2.45, 2.75) is 32.2 Å². The van der Waals surface area contributed by atoms with Crippen LogP contribution in [0.2, 0.25) is 0 Å². The van der Waals surface area contributed by atoms with Crippen molar-refractivity contribution in [3.63, 3.8) is 0 Å². The Kier molecular flexibility index (Phi) is 5.26. The number of nitrogens with zero attached hydrogens (tertiary/aromatic N) is 1. The van der Waals surface area contributed by atoms with Crippen LogP contribution in [-0.2, 0) is 4.79 Å². The molecule has 0 fully saturated rings. The number of aromatic nitrogens is 1. The molecule has 0 aliphatic carbocycles. The summed E-state index contributed by atoms with van der Waals surface area (Å²) in [7, 11) is 1.57. The van der Waals surface area contributed by atoms with E-state index in [1.165, 1.54) is 0 Å². The maximum absolute atomic E-state index is 10.4. The van der Waals surface area contributed by atoms with Gasteiger partial charge >= 0.3 is 5.97 Å². The number of hydrogen-bond donors (Lipinski definition) is 2. The minimum absolute atomic E-state index is 0.214. The predicted octanol–water partition coefficient (Wildman–Crippen LogP) is 2.15. The third kappa shape index (κ3) is 5.19. The second-order valence-corrected chi connectivity index (χ2v) is 3.92. The summed E-state index contributed by atoms with van der Waals surface area (Å²) in [5.41, 5.74) is 0.930. The third-order valence-electron chi connectivity index (χ3n) is 2.38. The van der Waals surface area contributed by atoms with Gasteiger partial charge in [-0.3, -0.25) is 4.79 Å². The fourth-order valence-electron chi connectivity index (χ4n) is 1.53. The van der Waals surface area contributed by atoms with E-state index in [0.717, 1.165) is 12.1 Å². The molecule has 0 saturated heterocycles. The molecule has 0 amide bonds. The van der Waals surface area contributed by atoms with E-state index in [-0.39, 0.29) is 12.5 Å². The van der Waals surface area contributed by atoms with Gasteiger partial charge in [0.15, 0.2) is 0 Å². The first-order valence-corrected chi connectivity index (χ1v) is 5.60. The Labute approximate surface area is 101 Å². The van der Waals surface area contributed by atoms with Gasteiger partial charge in [-0.05, 0) is 25.8 Å². The van der Waals surface area contributed by atoms with Gasteiger partial charge in [0.1, 0.15) is 0 Å². The summed E-state index contributed by atoms with van der Waals surface area (Å²) in [6, 6.07) is 3.89. The van der Waals surface area contributed by atoms with E-state index in [9.17, 15) is 4.79 Å². The summed E-state index contributed by atoms with van der Waals surface area (Å²) in [4.78, 5) is 14.4. The fourth-order valence-corrected chi connectivity index (χ4v) is 1.53. The number of carboxylic acid groups (broad SMARTS) is 1. The maximum atomic E-state index is 10.4. The van der Waals surface area contributed by atoms with E-state index in [0.29, 0.717) is 12.3 Å². The van der Waals surface area contributed by atoms with Crippen molar-refractivity contribution in [3.05, 3.63) is 18.3 Å². The molecule has 1 heterocycles. The molecule has 1 aromatic rings. The van der Waals surface area contributed by atoms with Crippen LogP contribution in [-0.4, -0.2) is 29.2 Å². The average Bonchev–Trinajstić information content (AvgIpc) is 2.28. The van der Waals surface area contributed by atoms with Crippen LogP contribution < -0.4 is 10.1 Å². The molecule has 0 spiro atoms. The lowest BCUT2D eigenvalue weighted by molar-refractivity contribution is -0.137. The first kappa shape index (κ1) is 13.3. The van der Waals surface area contributed by atoms with E-state index in [1.54, 1.807) is 13.3 Å². The molecule has 1 rings (SSSR count). The Morgan fingerprint density at radius 2 is 2.41 bits per heavy atom. The summed E-state index contributed by atoms with van der Waals surface area (Å²) in [5, 5.41) is 11.8. The van der Waals surface area contributed by atoms with Gasteiger partial charge < -0.3 is 15.2 Å². The number of carboxylic acids is 1. The van der Waals surface area contributed by atoms with Crippen LogP contribution in [0.25, 0.3) is 0 Å². The Bertz CT molecular complexity index is 369. The lowest BCUT2D eigenvalue weighted by Gasteiger charge is -2.14. The topological polar surface area (TPSA) is 71.5 Å². The highest BCUT2D eigenvalue weighted by molar-refractivity contribution is 5.66. The van der Waals surface area contributed by atoms with Crippen molar-refractivity contribution in [2.75, 3.05) is 12.4 Å². The number of methoxy groups -OCH3 is 1. The summed E-state index contributed by atoms with van der Waals surface area (Å²) < 4.78 is 5.02. The van der Waals surface area contributed by atoms with E-state index < -0.39 is 5.97 Å². The Morgan fingerprint density at radius 1 is 1.65 bits per heavy atom. The van der Waals surface area contributed by atoms with Gasteiger partial charge in [0.25, 0.3) is 0 Å². The van der Waals surface area contributed by atoms with Crippen molar-refractivity contribution in [2.24, 2.45) is 0 Å². The molecule has 0 radical (unpaired) electrons. The standard InChI is InChI=1S/C12H18N2O3/c1-9(4-3-5-12(15)16)14-10-6-7-13-11(8-10)17-2/h6-9H,3-5H2,1-2H3,(H,13,14)(H,15,16). The van der Waals surface area contributed by atoms with Gasteiger partial charge in [-0.2, -0.15) is 0 Å². The van der Waals surface area contributed by atoms with Crippen LogP contribution in [0.15, 0.2) is 18.3 Å². The number of carbonyl (C=O) groups is 1. The molecule has 1 unspecified atom stereocenters. The van der Waals surface area contributed by atoms with Crippen LogP contribution in [0, 0.1) is 0 Å². The quantitative estimate of drug-likeness (QED) is 0.761. The van der Waals surface area contributed by atoms with Gasteiger partial charge in [0.05, 0.1) is 7.11 Å². The number of aliphatic carboxylic acids is 1. The summed E-state index contributed by atoms with van der Waals surface area (Å²) >= 11 is 0. The van der Waals surface area contributed by atoms with Gasteiger partial charge in [-0.15, -0.1) is 0 Å². The van der Waals surface area contributed by atoms with Crippen molar-refractivity contribution in [1.82, 2.24) is 4.98 Å². The monoisotopic (exact) mass is 238 g/mol. The van der Waals surface area contributed by atoms with Crippen molar-refractivity contribution >= 4 is 11.7 Å². The zero-order chi connectivity index (χ0) is 12.7. The lowest BCUT2D eigenvalue weighted by atomic mass is 10.1. The van der Waals surface area contributed by atoms with Crippen LogP contribution in [0.1, 0.15) is 26.2 Å². The number of pyridine rings is 1. The van der Waals surface area contributed by atoms with Gasteiger partial charge in [-0.1, -0.05) is 0 Å². The number of rotatable bonds is 7. The minimum Gasteiger partial charge on any atom is -0.481 e. The molecule has 0 aliphatic heterocycles. The third-order valence-corrected chi connectivity index (χ3v) is 2.38. The molecule has 0 aromatic carbocycles. The zero-order valence-electron chi connectivity index (χ0n) is 10.1. The van der Waals surface area contributed by atoms with E-state index in [4.69, 9.17) is 9.84 Å². The van der Waals surface area contributed by atoms with Crippen molar-refractivity contribution < 1.29 is 14.6 Å². The molecule has 17 heavy (non-hydrogen) atoms. The smallest absolute Gasteiger partial charge is 0.303 e. The molecule has 5 nitrogen and oxygen atoms in total. The van der Waals surface area contributed by atoms with Crippen LogP contribution in [0.3, 0.4) is 0 Å². The molecular weight excluding hydrogens is 220 g/mol. The molecule has 0 aliphatic rings. The van der Waals surface area contributed by atoms with E-state index >= 15 is 0 Å². The first-order chi connectivity index (χ1) is 8.11. The van der Waals surface area contributed by atoms with Gasteiger partial charge in [0.2, 0.25) is 5.88 Å².